The third-order valence-corrected chi connectivity index (χ3v) is 14.3. The van der Waals surface area contributed by atoms with Crippen molar-refractivity contribution < 1.29 is 9.67 Å². The molecule has 5 aliphatic carbocycles. The highest BCUT2D eigenvalue weighted by Gasteiger charge is 2.62. The average molecular weight is 378 g/mol. The van der Waals surface area contributed by atoms with E-state index in [1.165, 1.54) is 77.0 Å². The van der Waals surface area contributed by atoms with Crippen LogP contribution in [0.3, 0.4) is 0 Å². The molecule has 26 heavy (non-hydrogen) atoms. The van der Waals surface area contributed by atoms with Gasteiger partial charge in [-0.25, -0.2) is 0 Å². The van der Waals surface area contributed by atoms with E-state index in [4.69, 9.17) is 0 Å². The van der Waals surface area contributed by atoms with Crippen LogP contribution >= 0.6 is 7.14 Å². The van der Waals surface area contributed by atoms with Crippen LogP contribution in [0.2, 0.25) is 5.82 Å². The van der Waals surface area contributed by atoms with Crippen LogP contribution in [0.1, 0.15) is 90.9 Å². The number of fused-ring (bicyclic) bond motifs is 2. The maximum atomic E-state index is 15.1. The lowest BCUT2D eigenvalue weighted by atomic mass is 9.38. The summed E-state index contributed by atoms with van der Waals surface area (Å²) in [6, 6.07) is 0. The predicted octanol–water partition coefficient (Wildman–Crippen LogP) is 5.62. The Bertz CT molecular complexity index is 514. The van der Waals surface area contributed by atoms with Crippen molar-refractivity contribution in [3.8, 4) is 0 Å². The fraction of sp³-hybridized carbons (Fsp3) is 1.00. The minimum Gasteiger partial charge on any atom is -0.405 e. The number of aliphatic hydroxyl groups excluding tert-OH is 1. The summed E-state index contributed by atoms with van der Waals surface area (Å²) in [7, 11) is -1.31. The lowest BCUT2D eigenvalue weighted by Gasteiger charge is -2.65. The monoisotopic (exact) mass is 378 g/mol. The Balaban J connectivity index is 1.67. The normalized spacial score (nSPS) is 38.6. The maximum Gasteiger partial charge on any atom is 0.157 e. The molecule has 2 bridgehead atoms. The molecule has 0 spiro atoms. The SMILES string of the molecule is CC1(C)C2CC1[C@@H](BCO)[C@H](P(=O)(C1CCCCC1)C1CCCCC1)C2. The second-order valence-electron chi connectivity index (χ2n) is 10.7. The fourth-order valence-corrected chi connectivity index (χ4v) is 13.3. The lowest BCUT2D eigenvalue weighted by Crippen LogP contribution is -2.57. The van der Waals surface area contributed by atoms with Crippen LogP contribution in [0.4, 0.5) is 0 Å². The third-order valence-electron chi connectivity index (χ3n) is 9.35. The van der Waals surface area contributed by atoms with E-state index in [0.29, 0.717) is 34.1 Å². The molecule has 0 amide bonds. The quantitative estimate of drug-likeness (QED) is 0.498. The molecular weight excluding hydrogens is 338 g/mol. The highest BCUT2D eigenvalue weighted by molar-refractivity contribution is 7.66. The largest absolute Gasteiger partial charge is 0.405 e. The van der Waals surface area contributed by atoms with Gasteiger partial charge in [-0.05, 0) is 55.8 Å². The first-order valence-corrected chi connectivity index (χ1v) is 13.6. The predicted molar refractivity (Wildman–Crippen MR) is 113 cm³/mol. The summed E-state index contributed by atoms with van der Waals surface area (Å²) in [5.74, 6) is 2.02. The van der Waals surface area contributed by atoms with Crippen LogP contribution in [0.15, 0.2) is 0 Å². The van der Waals surface area contributed by atoms with Gasteiger partial charge < -0.3 is 9.67 Å². The summed E-state index contributed by atoms with van der Waals surface area (Å²) < 4.78 is 15.1. The summed E-state index contributed by atoms with van der Waals surface area (Å²) >= 11 is 0. The van der Waals surface area contributed by atoms with Crippen molar-refractivity contribution in [3.05, 3.63) is 0 Å². The molecule has 5 saturated carbocycles. The fourth-order valence-electron chi connectivity index (χ4n) is 7.73. The van der Waals surface area contributed by atoms with Crippen LogP contribution in [0.25, 0.3) is 0 Å². The Hall–Kier alpha value is 0.255. The van der Waals surface area contributed by atoms with Crippen molar-refractivity contribution >= 4 is 14.4 Å². The van der Waals surface area contributed by atoms with Gasteiger partial charge in [0.2, 0.25) is 0 Å². The van der Waals surface area contributed by atoms with Gasteiger partial charge in [0.15, 0.2) is 7.28 Å². The van der Waals surface area contributed by atoms with Gasteiger partial charge in [0.05, 0.1) is 7.14 Å². The first-order chi connectivity index (χ1) is 12.5. The van der Waals surface area contributed by atoms with Crippen molar-refractivity contribution in [2.45, 2.75) is 114 Å². The Morgan fingerprint density at radius 1 is 0.923 bits per heavy atom. The summed E-state index contributed by atoms with van der Waals surface area (Å²) in [5, 5.41) is 9.84. The van der Waals surface area contributed by atoms with Crippen LogP contribution in [0, 0.1) is 17.3 Å². The van der Waals surface area contributed by atoms with Crippen LogP contribution in [-0.2, 0) is 4.57 Å². The molecule has 4 heteroatoms. The molecule has 0 aromatic carbocycles. The standard InChI is InChI=1S/C22H40BO2P/c1-22(2)16-13-19(22)21(23-15-24)20(14-16)26(25,17-9-5-3-6-10-17)18-11-7-4-8-12-18/h16-21,23-24H,3-15H2,1-2H3/t16?,19?,20-,21-/m1/s1. The van der Waals surface area contributed by atoms with Gasteiger partial charge >= 0.3 is 0 Å². The van der Waals surface area contributed by atoms with E-state index >= 15 is 4.57 Å². The van der Waals surface area contributed by atoms with Gasteiger partial charge in [0.25, 0.3) is 0 Å². The second kappa shape index (κ2) is 7.59. The molecular formula is C22H40BO2P. The van der Waals surface area contributed by atoms with Gasteiger partial charge in [-0.2, -0.15) is 0 Å². The van der Waals surface area contributed by atoms with Crippen molar-refractivity contribution in [2.24, 2.45) is 17.3 Å². The van der Waals surface area contributed by atoms with Crippen LogP contribution < -0.4 is 0 Å². The third kappa shape index (κ3) is 3.08. The Morgan fingerprint density at radius 2 is 1.46 bits per heavy atom. The minimum atomic E-state index is -2.21. The van der Waals surface area contributed by atoms with Gasteiger partial charge in [0.1, 0.15) is 0 Å². The average Bonchev–Trinajstić information content (AvgIpc) is 2.68. The van der Waals surface area contributed by atoms with E-state index in [0.717, 1.165) is 13.2 Å². The Kier molecular flexibility index (Phi) is 5.71. The van der Waals surface area contributed by atoms with Gasteiger partial charge in [-0.3, -0.25) is 0 Å². The zero-order chi connectivity index (χ0) is 18.4. The first-order valence-electron chi connectivity index (χ1n) is 11.7. The van der Waals surface area contributed by atoms with Crippen molar-refractivity contribution in [1.29, 1.82) is 0 Å². The maximum absolute atomic E-state index is 15.1. The molecule has 148 valence electrons. The molecule has 5 fully saturated rings. The van der Waals surface area contributed by atoms with E-state index in [2.05, 4.69) is 13.8 Å². The molecule has 1 N–H and O–H groups in total. The zero-order valence-electron chi connectivity index (χ0n) is 17.2. The molecule has 5 rings (SSSR count). The Morgan fingerprint density at radius 3 is 1.92 bits per heavy atom. The molecule has 2 unspecified atom stereocenters. The molecule has 5 aliphatic rings. The number of rotatable bonds is 5. The van der Waals surface area contributed by atoms with E-state index in [1.54, 1.807) is 0 Å². The smallest absolute Gasteiger partial charge is 0.157 e. The molecule has 4 atom stereocenters. The van der Waals surface area contributed by atoms with Crippen LogP contribution in [0.5, 0.6) is 0 Å². The highest BCUT2D eigenvalue weighted by Crippen LogP contribution is 2.76. The number of aliphatic hydroxyl groups is 1. The van der Waals surface area contributed by atoms with E-state index in [1.807, 2.05) is 0 Å². The first kappa shape index (κ1) is 19.6. The minimum absolute atomic E-state index is 0.285. The van der Waals surface area contributed by atoms with Crippen molar-refractivity contribution in [3.63, 3.8) is 0 Å². The van der Waals surface area contributed by atoms with E-state index < -0.39 is 7.14 Å². The second-order valence-corrected chi connectivity index (χ2v) is 14.3. The topological polar surface area (TPSA) is 37.3 Å². The Labute approximate surface area is 161 Å². The van der Waals surface area contributed by atoms with E-state index in [9.17, 15) is 5.11 Å². The zero-order valence-corrected chi connectivity index (χ0v) is 18.1. The van der Waals surface area contributed by atoms with Gasteiger partial charge in [-0.1, -0.05) is 58.2 Å². The summed E-state index contributed by atoms with van der Waals surface area (Å²) in [6.07, 6.45) is 15.4. The number of hydrogen-bond donors (Lipinski definition) is 1. The number of hydrogen-bond acceptors (Lipinski definition) is 2. The molecule has 0 radical (unpaired) electrons. The van der Waals surface area contributed by atoms with Crippen molar-refractivity contribution in [1.82, 2.24) is 0 Å². The molecule has 0 aromatic heterocycles. The molecule has 0 aromatic rings. The molecule has 0 heterocycles. The van der Waals surface area contributed by atoms with E-state index in [-0.39, 0.29) is 6.51 Å². The van der Waals surface area contributed by atoms with Gasteiger partial charge in [-0.15, -0.1) is 0 Å². The van der Waals surface area contributed by atoms with Crippen molar-refractivity contribution in [2.75, 3.05) is 6.51 Å². The summed E-state index contributed by atoms with van der Waals surface area (Å²) in [4.78, 5) is 0. The van der Waals surface area contributed by atoms with Gasteiger partial charge in [0, 0.05) is 23.5 Å². The van der Waals surface area contributed by atoms with Crippen LogP contribution in [-0.4, -0.2) is 35.9 Å². The molecule has 0 aliphatic heterocycles. The molecule has 0 saturated heterocycles. The highest BCUT2D eigenvalue weighted by atomic mass is 31.2. The summed E-state index contributed by atoms with van der Waals surface area (Å²) in [6.45, 7) is 5.17. The molecule has 2 nitrogen and oxygen atoms in total. The summed E-state index contributed by atoms with van der Waals surface area (Å²) in [5.41, 5.74) is 1.90. The lowest BCUT2D eigenvalue weighted by molar-refractivity contribution is -0.0634.